The van der Waals surface area contributed by atoms with Gasteiger partial charge in [0.1, 0.15) is 16.7 Å². The van der Waals surface area contributed by atoms with Crippen molar-refractivity contribution >= 4 is 63.3 Å². The lowest BCUT2D eigenvalue weighted by atomic mass is 10.2. The summed E-state index contributed by atoms with van der Waals surface area (Å²) in [6, 6.07) is 10.3. The van der Waals surface area contributed by atoms with Crippen molar-refractivity contribution in [1.82, 2.24) is 4.90 Å². The Kier molecular flexibility index (Phi) is 6.72. The lowest BCUT2D eigenvalue weighted by molar-refractivity contribution is -0.127. The first kappa shape index (κ1) is 21.5. The largest absolute Gasteiger partial charge is 0.494 e. The van der Waals surface area contributed by atoms with Crippen LogP contribution in [-0.4, -0.2) is 41.3 Å². The van der Waals surface area contributed by atoms with Gasteiger partial charge in [-0.15, -0.1) is 0 Å². The Balaban J connectivity index is 1.72. The average molecular weight is 452 g/mol. The smallest absolute Gasteiger partial charge is 0.242 e. The Labute approximate surface area is 183 Å². The summed E-state index contributed by atoms with van der Waals surface area (Å²) in [6.07, 6.45) is 0.0189. The molecule has 3 rings (SSSR count). The van der Waals surface area contributed by atoms with E-state index >= 15 is 0 Å². The maximum Gasteiger partial charge on any atom is 0.242 e. The van der Waals surface area contributed by atoms with E-state index in [2.05, 4.69) is 10.3 Å². The molecule has 9 heteroatoms. The molecule has 1 aliphatic heterocycles. The third-order valence-electron chi connectivity index (χ3n) is 4.32. The van der Waals surface area contributed by atoms with E-state index in [1.807, 2.05) is 13.0 Å². The van der Waals surface area contributed by atoms with Crippen molar-refractivity contribution in [1.29, 1.82) is 0 Å². The van der Waals surface area contributed by atoms with Gasteiger partial charge in [0.25, 0.3) is 0 Å². The maximum absolute atomic E-state index is 12.6. The molecule has 0 aliphatic carbocycles. The lowest BCUT2D eigenvalue weighted by Gasteiger charge is -2.10. The number of hydrogen-bond acceptors (Lipinski definition) is 5. The SMILES string of the molecule is COc1ccc(Cl)cc1N=C1S[C@H](CC(=O)Nc2ccc(C)c(Cl)c2)C(=O)N1C. The van der Waals surface area contributed by atoms with Gasteiger partial charge in [-0.05, 0) is 42.8 Å². The number of anilines is 1. The van der Waals surface area contributed by atoms with E-state index in [1.54, 1.807) is 37.4 Å². The van der Waals surface area contributed by atoms with E-state index < -0.39 is 5.25 Å². The molecule has 2 aromatic carbocycles. The molecule has 1 saturated heterocycles. The summed E-state index contributed by atoms with van der Waals surface area (Å²) in [5, 5.41) is 3.77. The van der Waals surface area contributed by atoms with Crippen molar-refractivity contribution in [2.45, 2.75) is 18.6 Å². The number of methoxy groups -OCH3 is 1. The number of rotatable bonds is 5. The topological polar surface area (TPSA) is 71.0 Å². The molecule has 0 bridgehead atoms. The highest BCUT2D eigenvalue weighted by atomic mass is 35.5. The van der Waals surface area contributed by atoms with Crippen LogP contribution < -0.4 is 10.1 Å². The Morgan fingerprint density at radius 3 is 2.72 bits per heavy atom. The van der Waals surface area contributed by atoms with E-state index in [9.17, 15) is 9.59 Å². The molecule has 1 fully saturated rings. The second-order valence-electron chi connectivity index (χ2n) is 6.43. The maximum atomic E-state index is 12.6. The molecule has 1 aliphatic rings. The number of carbonyl (C=O) groups is 2. The highest BCUT2D eigenvalue weighted by Gasteiger charge is 2.37. The summed E-state index contributed by atoms with van der Waals surface area (Å²) in [6.45, 7) is 1.88. The zero-order valence-electron chi connectivity index (χ0n) is 16.0. The van der Waals surface area contributed by atoms with E-state index in [0.717, 1.165) is 5.56 Å². The van der Waals surface area contributed by atoms with Crippen molar-refractivity contribution in [2.75, 3.05) is 19.5 Å². The van der Waals surface area contributed by atoms with Crippen molar-refractivity contribution in [3.8, 4) is 5.75 Å². The van der Waals surface area contributed by atoms with Crippen molar-refractivity contribution in [3.05, 3.63) is 52.0 Å². The number of aliphatic imine (C=N–C) groups is 1. The highest BCUT2D eigenvalue weighted by molar-refractivity contribution is 8.15. The zero-order chi connectivity index (χ0) is 21.1. The number of amides is 2. The molecule has 0 spiro atoms. The fourth-order valence-corrected chi connectivity index (χ4v) is 4.20. The van der Waals surface area contributed by atoms with Gasteiger partial charge in [0.05, 0.1) is 7.11 Å². The van der Waals surface area contributed by atoms with Crippen molar-refractivity contribution in [2.24, 2.45) is 4.99 Å². The second kappa shape index (κ2) is 9.07. The number of nitrogens with one attached hydrogen (secondary N) is 1. The number of aryl methyl sites for hydroxylation is 1. The van der Waals surface area contributed by atoms with Crippen LogP contribution in [0.3, 0.4) is 0 Å². The van der Waals surface area contributed by atoms with E-state index in [4.69, 9.17) is 27.9 Å². The molecule has 1 atom stereocenters. The first-order valence-electron chi connectivity index (χ1n) is 8.71. The van der Waals surface area contributed by atoms with Crippen LogP contribution in [0.5, 0.6) is 5.75 Å². The average Bonchev–Trinajstić information content (AvgIpc) is 2.93. The standard InChI is InChI=1S/C20H19Cl2N3O3S/c1-11-4-6-13(9-14(11)22)23-18(26)10-17-19(27)25(2)20(29-17)24-15-8-12(21)5-7-16(15)28-3/h4-9,17H,10H2,1-3H3,(H,23,26)/t17-/m1/s1. The number of ether oxygens (including phenoxy) is 1. The van der Waals surface area contributed by atoms with Gasteiger partial charge in [-0.1, -0.05) is 41.0 Å². The molecule has 1 heterocycles. The number of benzene rings is 2. The minimum absolute atomic E-state index is 0.0189. The Hall–Kier alpha value is -2.22. The van der Waals surface area contributed by atoms with E-state index in [1.165, 1.54) is 23.8 Å². The summed E-state index contributed by atoms with van der Waals surface area (Å²) in [5.74, 6) is 0.0818. The number of hydrogen-bond donors (Lipinski definition) is 1. The molecule has 0 radical (unpaired) electrons. The van der Waals surface area contributed by atoms with Crippen LogP contribution in [-0.2, 0) is 9.59 Å². The van der Waals surface area contributed by atoms with Crippen LogP contribution >= 0.6 is 35.0 Å². The van der Waals surface area contributed by atoms with Gasteiger partial charge in [-0.25, -0.2) is 4.99 Å². The van der Waals surface area contributed by atoms with Crippen LogP contribution in [0.4, 0.5) is 11.4 Å². The number of carbonyl (C=O) groups excluding carboxylic acids is 2. The van der Waals surface area contributed by atoms with Crippen LogP contribution in [0.2, 0.25) is 10.0 Å². The molecular weight excluding hydrogens is 433 g/mol. The Bertz CT molecular complexity index is 997. The second-order valence-corrected chi connectivity index (χ2v) is 8.44. The molecule has 152 valence electrons. The molecule has 2 amide bonds. The van der Waals surface area contributed by atoms with Crippen LogP contribution in [0, 0.1) is 6.92 Å². The molecule has 0 aromatic heterocycles. The quantitative estimate of drug-likeness (QED) is 0.701. The molecule has 0 saturated carbocycles. The summed E-state index contributed by atoms with van der Waals surface area (Å²) in [7, 11) is 3.16. The van der Waals surface area contributed by atoms with Crippen LogP contribution in [0.1, 0.15) is 12.0 Å². The zero-order valence-corrected chi connectivity index (χ0v) is 18.4. The summed E-state index contributed by atoms with van der Waals surface area (Å²) in [4.78, 5) is 30.9. The highest BCUT2D eigenvalue weighted by Crippen LogP contribution is 2.35. The summed E-state index contributed by atoms with van der Waals surface area (Å²) in [5.41, 5.74) is 2.03. The minimum Gasteiger partial charge on any atom is -0.494 e. The number of amidine groups is 1. The number of halogens is 2. The Morgan fingerprint density at radius 1 is 1.28 bits per heavy atom. The third kappa shape index (κ3) is 5.04. The molecule has 2 aromatic rings. The van der Waals surface area contributed by atoms with Crippen LogP contribution in [0.25, 0.3) is 0 Å². The van der Waals surface area contributed by atoms with Gasteiger partial charge < -0.3 is 10.1 Å². The fourth-order valence-electron chi connectivity index (χ4n) is 2.70. The minimum atomic E-state index is -0.565. The summed E-state index contributed by atoms with van der Waals surface area (Å²) < 4.78 is 5.30. The van der Waals surface area contributed by atoms with Crippen molar-refractivity contribution in [3.63, 3.8) is 0 Å². The number of thioether (sulfide) groups is 1. The number of nitrogens with zero attached hydrogens (tertiary/aromatic N) is 2. The van der Waals surface area contributed by atoms with Gasteiger partial charge in [0.2, 0.25) is 11.8 Å². The fraction of sp³-hybridized carbons (Fsp3) is 0.250. The lowest BCUT2D eigenvalue weighted by Crippen LogP contribution is -2.30. The molecule has 29 heavy (non-hydrogen) atoms. The summed E-state index contributed by atoms with van der Waals surface area (Å²) >= 11 is 13.4. The monoisotopic (exact) mass is 451 g/mol. The predicted octanol–water partition coefficient (Wildman–Crippen LogP) is 4.90. The van der Waals surface area contributed by atoms with Gasteiger partial charge in [0.15, 0.2) is 5.17 Å². The van der Waals surface area contributed by atoms with Gasteiger partial charge in [0, 0.05) is 29.2 Å². The Morgan fingerprint density at radius 2 is 2.03 bits per heavy atom. The van der Waals surface area contributed by atoms with Crippen molar-refractivity contribution < 1.29 is 14.3 Å². The first-order chi connectivity index (χ1) is 13.8. The van der Waals surface area contributed by atoms with Gasteiger partial charge in [-0.2, -0.15) is 0 Å². The predicted molar refractivity (Wildman–Crippen MR) is 119 cm³/mol. The molecule has 0 unspecified atom stereocenters. The van der Waals surface area contributed by atoms with Gasteiger partial charge >= 0.3 is 0 Å². The molecule has 1 N–H and O–H groups in total. The third-order valence-corrected chi connectivity index (χ3v) is 6.20. The van der Waals surface area contributed by atoms with E-state index in [0.29, 0.717) is 32.3 Å². The van der Waals surface area contributed by atoms with E-state index in [-0.39, 0.29) is 18.2 Å². The van der Waals surface area contributed by atoms with Crippen LogP contribution in [0.15, 0.2) is 41.4 Å². The molecule has 6 nitrogen and oxygen atoms in total. The van der Waals surface area contributed by atoms with Gasteiger partial charge in [-0.3, -0.25) is 14.5 Å². The first-order valence-corrected chi connectivity index (χ1v) is 10.3. The normalized spacial score (nSPS) is 17.7. The molecular formula is C20H19Cl2N3O3S.